The SMILES string of the molecule is CC[C@@H](NS(=O)(=O)c1cc(C)ccc1OC)c1ccc(Br)cc1. The molecule has 0 saturated heterocycles. The Morgan fingerprint density at radius 2 is 1.83 bits per heavy atom. The zero-order valence-corrected chi connectivity index (χ0v) is 15.7. The molecule has 2 aromatic rings. The van der Waals surface area contributed by atoms with Gasteiger partial charge < -0.3 is 4.74 Å². The number of rotatable bonds is 6. The first-order chi connectivity index (χ1) is 10.9. The normalized spacial score (nSPS) is 12.9. The van der Waals surface area contributed by atoms with E-state index in [1.165, 1.54) is 7.11 Å². The van der Waals surface area contributed by atoms with Gasteiger partial charge in [0.25, 0.3) is 0 Å². The van der Waals surface area contributed by atoms with Crippen molar-refractivity contribution in [2.45, 2.75) is 31.2 Å². The molecule has 2 rings (SSSR count). The highest BCUT2D eigenvalue weighted by Crippen LogP contribution is 2.27. The molecule has 0 aliphatic heterocycles. The van der Waals surface area contributed by atoms with E-state index >= 15 is 0 Å². The van der Waals surface area contributed by atoms with Crippen molar-refractivity contribution in [1.29, 1.82) is 0 Å². The predicted octanol–water partition coefficient (Wildman–Crippen LogP) is 4.20. The van der Waals surface area contributed by atoms with Crippen LogP contribution in [0.4, 0.5) is 0 Å². The van der Waals surface area contributed by atoms with Crippen LogP contribution in [0.1, 0.15) is 30.5 Å². The van der Waals surface area contributed by atoms with Gasteiger partial charge in [0.1, 0.15) is 10.6 Å². The first-order valence-electron chi connectivity index (χ1n) is 7.30. The third-order valence-electron chi connectivity index (χ3n) is 3.59. The highest BCUT2D eigenvalue weighted by molar-refractivity contribution is 9.10. The van der Waals surface area contributed by atoms with Crippen LogP contribution >= 0.6 is 15.9 Å². The number of ether oxygens (including phenoxy) is 1. The number of sulfonamides is 1. The summed E-state index contributed by atoms with van der Waals surface area (Å²) in [5.41, 5.74) is 1.79. The molecule has 0 spiro atoms. The minimum absolute atomic E-state index is 0.163. The summed E-state index contributed by atoms with van der Waals surface area (Å²) in [5, 5.41) is 0. The minimum Gasteiger partial charge on any atom is -0.495 e. The maximum Gasteiger partial charge on any atom is 0.244 e. The van der Waals surface area contributed by atoms with Crippen molar-refractivity contribution in [2.75, 3.05) is 7.11 Å². The summed E-state index contributed by atoms with van der Waals surface area (Å²) in [7, 11) is -2.21. The molecule has 6 heteroatoms. The predicted molar refractivity (Wildman–Crippen MR) is 95.2 cm³/mol. The second kappa shape index (κ2) is 7.47. The monoisotopic (exact) mass is 397 g/mol. The zero-order chi connectivity index (χ0) is 17.0. The number of hydrogen-bond donors (Lipinski definition) is 1. The van der Waals surface area contributed by atoms with E-state index in [1.807, 2.05) is 44.2 Å². The third kappa shape index (κ3) is 4.34. The van der Waals surface area contributed by atoms with Crippen LogP contribution in [0.15, 0.2) is 51.8 Å². The Morgan fingerprint density at radius 1 is 1.17 bits per heavy atom. The third-order valence-corrected chi connectivity index (χ3v) is 5.61. The fourth-order valence-corrected chi connectivity index (χ4v) is 4.15. The van der Waals surface area contributed by atoms with E-state index in [1.54, 1.807) is 12.1 Å². The molecular formula is C17H20BrNO3S. The Morgan fingerprint density at radius 3 is 2.39 bits per heavy atom. The second-order valence-corrected chi connectivity index (χ2v) is 7.89. The van der Waals surface area contributed by atoms with Gasteiger partial charge in [-0.2, -0.15) is 0 Å². The van der Waals surface area contributed by atoms with Crippen molar-refractivity contribution in [1.82, 2.24) is 4.72 Å². The van der Waals surface area contributed by atoms with Gasteiger partial charge >= 0.3 is 0 Å². The van der Waals surface area contributed by atoms with E-state index in [4.69, 9.17) is 4.74 Å². The standard InChI is InChI=1S/C17H20BrNO3S/c1-4-15(13-6-8-14(18)9-7-13)19-23(20,21)17-11-12(2)5-10-16(17)22-3/h5-11,15,19H,4H2,1-3H3/t15-/m1/s1. The lowest BCUT2D eigenvalue weighted by molar-refractivity contribution is 0.401. The van der Waals surface area contributed by atoms with Gasteiger partial charge in [0.05, 0.1) is 7.11 Å². The van der Waals surface area contributed by atoms with Gasteiger partial charge in [-0.3, -0.25) is 0 Å². The average Bonchev–Trinajstić information content (AvgIpc) is 2.53. The molecule has 0 aliphatic rings. The molecule has 1 atom stereocenters. The molecule has 4 nitrogen and oxygen atoms in total. The smallest absolute Gasteiger partial charge is 0.244 e. The first-order valence-corrected chi connectivity index (χ1v) is 9.57. The van der Waals surface area contributed by atoms with Gasteiger partial charge in [-0.05, 0) is 48.7 Å². The van der Waals surface area contributed by atoms with Gasteiger partial charge in [-0.1, -0.05) is 41.1 Å². The Labute approximate surface area is 146 Å². The van der Waals surface area contributed by atoms with Crippen molar-refractivity contribution < 1.29 is 13.2 Å². The average molecular weight is 398 g/mol. The number of benzene rings is 2. The molecule has 2 aromatic carbocycles. The van der Waals surface area contributed by atoms with Gasteiger partial charge in [-0.15, -0.1) is 0 Å². The summed E-state index contributed by atoms with van der Waals surface area (Å²) in [6.45, 7) is 3.80. The van der Waals surface area contributed by atoms with Crippen LogP contribution in [-0.4, -0.2) is 15.5 Å². The van der Waals surface area contributed by atoms with Crippen LogP contribution < -0.4 is 9.46 Å². The maximum absolute atomic E-state index is 12.8. The molecule has 0 fully saturated rings. The largest absolute Gasteiger partial charge is 0.495 e. The van der Waals surface area contributed by atoms with E-state index in [9.17, 15) is 8.42 Å². The van der Waals surface area contributed by atoms with E-state index in [-0.39, 0.29) is 10.9 Å². The van der Waals surface area contributed by atoms with Crippen LogP contribution in [-0.2, 0) is 10.0 Å². The van der Waals surface area contributed by atoms with Gasteiger partial charge in [0, 0.05) is 10.5 Å². The number of halogens is 1. The molecule has 0 aliphatic carbocycles. The van der Waals surface area contributed by atoms with Crippen LogP contribution in [0.25, 0.3) is 0 Å². The highest BCUT2D eigenvalue weighted by Gasteiger charge is 2.23. The Kier molecular flexibility index (Phi) is 5.84. The fourth-order valence-electron chi connectivity index (χ4n) is 2.33. The van der Waals surface area contributed by atoms with Gasteiger partial charge in [0.2, 0.25) is 10.0 Å². The van der Waals surface area contributed by atoms with Crippen LogP contribution in [0.3, 0.4) is 0 Å². The van der Waals surface area contributed by atoms with Crippen molar-refractivity contribution in [3.05, 3.63) is 58.1 Å². The summed E-state index contributed by atoms with van der Waals surface area (Å²) in [4.78, 5) is 0.163. The number of nitrogens with one attached hydrogen (secondary N) is 1. The summed E-state index contributed by atoms with van der Waals surface area (Å²) in [5.74, 6) is 0.341. The van der Waals surface area contributed by atoms with E-state index in [0.717, 1.165) is 15.6 Å². The quantitative estimate of drug-likeness (QED) is 0.794. The minimum atomic E-state index is -3.68. The summed E-state index contributed by atoms with van der Waals surface area (Å²) in [6, 6.07) is 12.4. The summed E-state index contributed by atoms with van der Waals surface area (Å²) < 4.78 is 34.5. The molecular weight excluding hydrogens is 378 g/mol. The van der Waals surface area contributed by atoms with Gasteiger partial charge in [0.15, 0.2) is 0 Å². The highest BCUT2D eigenvalue weighted by atomic mass is 79.9. The van der Waals surface area contributed by atoms with Crippen LogP contribution in [0, 0.1) is 6.92 Å². The van der Waals surface area contributed by atoms with Crippen molar-refractivity contribution in [2.24, 2.45) is 0 Å². The fraction of sp³-hybridized carbons (Fsp3) is 0.294. The van der Waals surface area contributed by atoms with E-state index in [2.05, 4.69) is 20.7 Å². The van der Waals surface area contributed by atoms with Crippen molar-refractivity contribution >= 4 is 26.0 Å². The Balaban J connectivity index is 2.36. The molecule has 0 aromatic heterocycles. The van der Waals surface area contributed by atoms with Crippen LogP contribution in [0.2, 0.25) is 0 Å². The summed E-state index contributed by atoms with van der Waals surface area (Å²) in [6.07, 6.45) is 0.648. The number of methoxy groups -OCH3 is 1. The van der Waals surface area contributed by atoms with Crippen molar-refractivity contribution in [3.63, 3.8) is 0 Å². The number of aryl methyl sites for hydroxylation is 1. The maximum atomic E-state index is 12.8. The first kappa shape index (κ1) is 18.0. The Bertz CT molecular complexity index is 773. The zero-order valence-electron chi connectivity index (χ0n) is 13.3. The lowest BCUT2D eigenvalue weighted by Crippen LogP contribution is -2.28. The molecule has 0 amide bonds. The van der Waals surface area contributed by atoms with E-state index in [0.29, 0.717) is 12.2 Å². The molecule has 0 radical (unpaired) electrons. The molecule has 0 bridgehead atoms. The molecule has 1 N–H and O–H groups in total. The molecule has 124 valence electrons. The lowest BCUT2D eigenvalue weighted by atomic mass is 10.1. The Hall–Kier alpha value is -1.37. The van der Waals surface area contributed by atoms with Crippen LogP contribution in [0.5, 0.6) is 5.75 Å². The van der Waals surface area contributed by atoms with Gasteiger partial charge in [-0.25, -0.2) is 13.1 Å². The molecule has 0 saturated carbocycles. The summed E-state index contributed by atoms with van der Waals surface area (Å²) >= 11 is 3.39. The lowest BCUT2D eigenvalue weighted by Gasteiger charge is -2.19. The topological polar surface area (TPSA) is 55.4 Å². The number of hydrogen-bond acceptors (Lipinski definition) is 3. The van der Waals surface area contributed by atoms with Crippen molar-refractivity contribution in [3.8, 4) is 5.75 Å². The van der Waals surface area contributed by atoms with E-state index < -0.39 is 10.0 Å². The molecule has 0 unspecified atom stereocenters. The molecule has 23 heavy (non-hydrogen) atoms. The second-order valence-electron chi connectivity index (χ2n) is 5.29. The molecule has 0 heterocycles.